The molecule has 0 saturated heterocycles. The second kappa shape index (κ2) is 6.52. The van der Waals surface area contributed by atoms with Crippen LogP contribution >= 0.6 is 23.2 Å². The number of carbonyl (C=O) groups is 1. The minimum atomic E-state index is -0.892. The van der Waals surface area contributed by atoms with E-state index in [2.05, 4.69) is 5.32 Å². The molecule has 2 aromatic rings. The molecule has 0 bridgehead atoms. The summed E-state index contributed by atoms with van der Waals surface area (Å²) in [6.45, 7) is 0. The Bertz CT molecular complexity index is 761. The molecule has 0 spiro atoms. The number of rotatable bonds is 3. The number of nitrogens with one attached hydrogen (secondary N) is 1. The van der Waals surface area contributed by atoms with Gasteiger partial charge in [-0.1, -0.05) is 41.4 Å². The lowest BCUT2D eigenvalue weighted by molar-refractivity contribution is 0.0694. The zero-order chi connectivity index (χ0) is 16.6. The Labute approximate surface area is 145 Å². The monoisotopic (exact) mass is 349 g/mol. The summed E-state index contributed by atoms with van der Waals surface area (Å²) in [5.74, 6) is -0.763. The number of hydrogen-bond acceptors (Lipinski definition) is 2. The number of hydrogen-bond donors (Lipinski definition) is 2. The third-order valence-corrected chi connectivity index (χ3v) is 5.27. The van der Waals surface area contributed by atoms with Gasteiger partial charge in [0.05, 0.1) is 15.6 Å². The van der Waals surface area contributed by atoms with Crippen LogP contribution in [0.4, 0.5) is 0 Å². The highest BCUT2D eigenvalue weighted by Crippen LogP contribution is 2.43. The quantitative estimate of drug-likeness (QED) is 0.830. The van der Waals surface area contributed by atoms with Crippen molar-refractivity contribution in [1.29, 1.82) is 0 Å². The molecule has 0 amide bonds. The Morgan fingerprint density at radius 1 is 1.17 bits per heavy atom. The van der Waals surface area contributed by atoms with Crippen LogP contribution in [0, 0.1) is 0 Å². The molecule has 1 aliphatic rings. The maximum absolute atomic E-state index is 11.6. The first-order valence-electron chi connectivity index (χ1n) is 7.51. The molecule has 1 aliphatic carbocycles. The van der Waals surface area contributed by atoms with Crippen LogP contribution in [-0.2, 0) is 0 Å². The van der Waals surface area contributed by atoms with E-state index in [9.17, 15) is 9.90 Å². The fraction of sp³-hybridized carbons (Fsp3) is 0.278. The topological polar surface area (TPSA) is 49.3 Å². The van der Waals surface area contributed by atoms with E-state index in [-0.39, 0.29) is 12.0 Å². The summed E-state index contributed by atoms with van der Waals surface area (Å²) >= 11 is 12.2. The fourth-order valence-electron chi connectivity index (χ4n) is 3.46. The average molecular weight is 350 g/mol. The summed E-state index contributed by atoms with van der Waals surface area (Å²) in [6, 6.07) is 11.2. The Morgan fingerprint density at radius 2 is 1.96 bits per heavy atom. The van der Waals surface area contributed by atoms with Gasteiger partial charge in [0, 0.05) is 12.0 Å². The average Bonchev–Trinajstić information content (AvgIpc) is 2.55. The predicted molar refractivity (Wildman–Crippen MR) is 92.7 cm³/mol. The van der Waals surface area contributed by atoms with Gasteiger partial charge in [0.15, 0.2) is 0 Å². The summed E-state index contributed by atoms with van der Waals surface area (Å²) in [6.07, 6.45) is 1.80. The zero-order valence-corrected chi connectivity index (χ0v) is 14.2. The largest absolute Gasteiger partial charge is 0.478 e. The highest BCUT2D eigenvalue weighted by Gasteiger charge is 2.31. The lowest BCUT2D eigenvalue weighted by Gasteiger charge is -2.33. The van der Waals surface area contributed by atoms with Gasteiger partial charge >= 0.3 is 5.97 Å². The molecular weight excluding hydrogens is 333 g/mol. The van der Waals surface area contributed by atoms with Crippen molar-refractivity contribution < 1.29 is 9.90 Å². The van der Waals surface area contributed by atoms with E-state index in [1.807, 2.05) is 31.3 Å². The number of carboxylic acid groups (broad SMARTS) is 1. The molecular formula is C18H17Cl2NO2. The molecule has 0 radical (unpaired) electrons. The van der Waals surface area contributed by atoms with Crippen LogP contribution in [0.15, 0.2) is 36.4 Å². The first kappa shape index (κ1) is 16.3. The number of carboxylic acids is 1. The van der Waals surface area contributed by atoms with Crippen molar-refractivity contribution in [2.45, 2.75) is 24.8 Å². The third kappa shape index (κ3) is 2.97. The van der Waals surface area contributed by atoms with Gasteiger partial charge < -0.3 is 10.4 Å². The van der Waals surface area contributed by atoms with E-state index in [1.165, 1.54) is 0 Å². The van der Waals surface area contributed by atoms with E-state index in [1.54, 1.807) is 12.1 Å². The highest BCUT2D eigenvalue weighted by molar-refractivity contribution is 6.42. The van der Waals surface area contributed by atoms with E-state index < -0.39 is 5.97 Å². The van der Waals surface area contributed by atoms with Crippen LogP contribution in [0.25, 0.3) is 0 Å². The minimum absolute atomic E-state index is 0.0522. The van der Waals surface area contributed by atoms with E-state index in [0.717, 1.165) is 29.5 Å². The number of halogens is 2. The van der Waals surface area contributed by atoms with E-state index in [4.69, 9.17) is 23.2 Å². The Morgan fingerprint density at radius 3 is 2.61 bits per heavy atom. The highest BCUT2D eigenvalue weighted by atomic mass is 35.5. The van der Waals surface area contributed by atoms with Crippen molar-refractivity contribution >= 4 is 29.2 Å². The second-order valence-electron chi connectivity index (χ2n) is 5.76. The van der Waals surface area contributed by atoms with Gasteiger partial charge in [-0.3, -0.25) is 0 Å². The van der Waals surface area contributed by atoms with Crippen LogP contribution in [0.1, 0.15) is 51.8 Å². The minimum Gasteiger partial charge on any atom is -0.478 e. The van der Waals surface area contributed by atoms with Gasteiger partial charge in [-0.05, 0) is 54.8 Å². The molecule has 0 aliphatic heterocycles. The van der Waals surface area contributed by atoms with Crippen LogP contribution in [0.5, 0.6) is 0 Å². The van der Waals surface area contributed by atoms with Gasteiger partial charge in [0.2, 0.25) is 0 Å². The summed E-state index contributed by atoms with van der Waals surface area (Å²) in [7, 11) is 1.87. The molecule has 0 unspecified atom stereocenters. The Hall–Kier alpha value is -1.55. The van der Waals surface area contributed by atoms with Crippen LogP contribution in [-0.4, -0.2) is 18.1 Å². The summed E-state index contributed by atoms with van der Waals surface area (Å²) in [4.78, 5) is 11.6. The lowest BCUT2D eigenvalue weighted by atomic mass is 9.75. The number of benzene rings is 2. The third-order valence-electron chi connectivity index (χ3n) is 4.53. The van der Waals surface area contributed by atoms with Crippen molar-refractivity contribution in [3.63, 3.8) is 0 Å². The molecule has 0 heterocycles. The zero-order valence-electron chi connectivity index (χ0n) is 12.6. The molecule has 0 fully saturated rings. The van der Waals surface area contributed by atoms with Crippen molar-refractivity contribution in [2.75, 3.05) is 7.05 Å². The Balaban J connectivity index is 2.15. The molecule has 0 saturated carbocycles. The van der Waals surface area contributed by atoms with Gasteiger partial charge in [-0.2, -0.15) is 0 Å². The van der Waals surface area contributed by atoms with Crippen LogP contribution in [0.2, 0.25) is 10.0 Å². The van der Waals surface area contributed by atoms with Crippen molar-refractivity contribution in [2.24, 2.45) is 0 Å². The Kier molecular flexibility index (Phi) is 4.62. The van der Waals surface area contributed by atoms with Gasteiger partial charge in [-0.25, -0.2) is 4.79 Å². The molecule has 0 aromatic heterocycles. The maximum atomic E-state index is 11.6. The summed E-state index contributed by atoms with van der Waals surface area (Å²) in [5, 5.41) is 13.8. The normalized spacial score (nSPS) is 20.1. The van der Waals surface area contributed by atoms with Gasteiger partial charge in [0.25, 0.3) is 0 Å². The molecule has 120 valence electrons. The van der Waals surface area contributed by atoms with Crippen LogP contribution < -0.4 is 5.32 Å². The SMILES string of the molecule is CN[C@H]1CC[C@@H](c2ccc(Cl)c(Cl)c2)c2cccc(C(=O)O)c21. The number of aromatic carboxylic acids is 1. The molecule has 2 aromatic carbocycles. The first-order valence-corrected chi connectivity index (χ1v) is 8.26. The van der Waals surface area contributed by atoms with Gasteiger partial charge in [0.1, 0.15) is 0 Å². The van der Waals surface area contributed by atoms with Gasteiger partial charge in [-0.15, -0.1) is 0 Å². The standard InChI is InChI=1S/C18H17Cl2NO2/c1-21-16-8-6-11(10-5-7-14(19)15(20)9-10)12-3-2-4-13(17(12)16)18(22)23/h2-5,7,9,11,16,21H,6,8H2,1H3,(H,22,23)/t11-,16-/m0/s1. The van der Waals surface area contributed by atoms with Crippen molar-refractivity contribution in [1.82, 2.24) is 5.32 Å². The molecule has 23 heavy (non-hydrogen) atoms. The van der Waals surface area contributed by atoms with E-state index >= 15 is 0 Å². The van der Waals surface area contributed by atoms with Crippen molar-refractivity contribution in [3.8, 4) is 0 Å². The fourth-order valence-corrected chi connectivity index (χ4v) is 3.77. The maximum Gasteiger partial charge on any atom is 0.336 e. The van der Waals surface area contributed by atoms with Crippen molar-refractivity contribution in [3.05, 3.63) is 68.7 Å². The van der Waals surface area contributed by atoms with Crippen LogP contribution in [0.3, 0.4) is 0 Å². The molecule has 2 N–H and O–H groups in total. The molecule has 3 rings (SSSR count). The second-order valence-corrected chi connectivity index (χ2v) is 6.57. The molecule has 2 atom stereocenters. The smallest absolute Gasteiger partial charge is 0.336 e. The predicted octanol–water partition coefficient (Wildman–Crippen LogP) is 4.88. The van der Waals surface area contributed by atoms with E-state index in [0.29, 0.717) is 15.6 Å². The number of fused-ring (bicyclic) bond motifs is 1. The summed E-state index contributed by atoms with van der Waals surface area (Å²) in [5.41, 5.74) is 3.36. The molecule has 3 nitrogen and oxygen atoms in total. The lowest BCUT2D eigenvalue weighted by Crippen LogP contribution is -2.26. The molecule has 5 heteroatoms. The first-order chi connectivity index (χ1) is 11.0. The summed E-state index contributed by atoms with van der Waals surface area (Å²) < 4.78 is 0.